The fourth-order valence-electron chi connectivity index (χ4n) is 3.65. The molecule has 0 bridgehead atoms. The first kappa shape index (κ1) is 21.7. The fraction of sp³-hybridized carbons (Fsp3) is 0.579. The highest BCUT2D eigenvalue weighted by Crippen LogP contribution is 2.26. The predicted molar refractivity (Wildman–Crippen MR) is 105 cm³/mol. The summed E-state index contributed by atoms with van der Waals surface area (Å²) in [5.41, 5.74) is 1.02. The number of rotatable bonds is 3. The van der Waals surface area contributed by atoms with Crippen LogP contribution in [0.25, 0.3) is 0 Å². The lowest BCUT2D eigenvalue weighted by Crippen LogP contribution is -2.50. The van der Waals surface area contributed by atoms with Crippen LogP contribution in [0.2, 0.25) is 0 Å². The third-order valence-electron chi connectivity index (χ3n) is 5.12. The maximum atomic E-state index is 9.96. The molecule has 0 aromatic heterocycles. The summed E-state index contributed by atoms with van der Waals surface area (Å²) in [5.74, 6) is -3.24. The Balaban J connectivity index is 0.000000380. The second-order valence-electron chi connectivity index (χ2n) is 6.99. The van der Waals surface area contributed by atoms with Gasteiger partial charge in [0.2, 0.25) is 0 Å². The molecule has 0 amide bonds. The molecule has 0 radical (unpaired) electrons. The fourth-order valence-corrected chi connectivity index (χ4v) is 4.06. The van der Waals surface area contributed by atoms with E-state index < -0.39 is 11.9 Å². The molecule has 1 aromatic carbocycles. The minimum absolute atomic E-state index is 0.410. The summed E-state index contributed by atoms with van der Waals surface area (Å²) in [5, 5.41) is 24.7. The van der Waals surface area contributed by atoms with Crippen molar-refractivity contribution < 1.29 is 24.9 Å². The zero-order chi connectivity index (χ0) is 19.8. The second-order valence-corrected chi connectivity index (χ2v) is 7.90. The molecule has 1 saturated heterocycles. The molecular weight excluding hydrogens is 416 g/mol. The van der Waals surface area contributed by atoms with Crippen molar-refractivity contribution in [3.8, 4) is 5.75 Å². The van der Waals surface area contributed by atoms with Gasteiger partial charge >= 0.3 is 11.9 Å². The number of hydrogen-bond donors (Lipinski definition) is 3. The highest BCUT2D eigenvalue weighted by atomic mass is 79.9. The Hall–Kier alpha value is -1.64. The van der Waals surface area contributed by atoms with Gasteiger partial charge in [0.15, 0.2) is 0 Å². The largest absolute Gasteiger partial charge is 0.508 e. The van der Waals surface area contributed by atoms with E-state index in [2.05, 4.69) is 25.7 Å². The smallest absolute Gasteiger partial charge is 0.414 e. The van der Waals surface area contributed by atoms with Crippen molar-refractivity contribution in [2.75, 3.05) is 26.2 Å². The Morgan fingerprint density at radius 3 is 2.15 bits per heavy atom. The summed E-state index contributed by atoms with van der Waals surface area (Å²) in [4.78, 5) is 23.3. The maximum Gasteiger partial charge on any atom is 0.414 e. The Labute approximate surface area is 167 Å². The molecular formula is C19H27BrN2O5. The molecule has 1 aliphatic heterocycles. The number of halogens is 1. The number of phenols is 1. The van der Waals surface area contributed by atoms with E-state index in [1.807, 2.05) is 12.1 Å². The molecule has 3 rings (SSSR count). The first-order valence-corrected chi connectivity index (χ1v) is 10.1. The molecule has 150 valence electrons. The molecule has 0 spiro atoms. The molecule has 2 fully saturated rings. The summed E-state index contributed by atoms with van der Waals surface area (Å²) in [7, 11) is 0. The van der Waals surface area contributed by atoms with E-state index in [4.69, 9.17) is 19.8 Å². The van der Waals surface area contributed by atoms with Gasteiger partial charge in [-0.25, -0.2) is 9.59 Å². The normalized spacial score (nSPS) is 19.1. The number of benzene rings is 1. The van der Waals surface area contributed by atoms with Crippen LogP contribution >= 0.6 is 15.9 Å². The average molecular weight is 443 g/mol. The van der Waals surface area contributed by atoms with Crippen molar-refractivity contribution in [1.29, 1.82) is 0 Å². The highest BCUT2D eigenvalue weighted by molar-refractivity contribution is 9.10. The van der Waals surface area contributed by atoms with Crippen LogP contribution in [0.4, 0.5) is 0 Å². The van der Waals surface area contributed by atoms with E-state index in [1.165, 1.54) is 45.2 Å². The van der Waals surface area contributed by atoms with Crippen molar-refractivity contribution in [3.63, 3.8) is 0 Å². The standard InChI is InChI=1S/C17H25BrN2O.C2H2O4/c18-15-6-7-17(21)14(12-15)13-19-8-10-20(11-9-19)16-4-2-1-3-5-16;3-1(4)2(5)6/h6-7,12,16,21H,1-5,8-11,13H2;(H,3,4)(H,5,6). The summed E-state index contributed by atoms with van der Waals surface area (Å²) in [6.45, 7) is 5.44. The number of aromatic hydroxyl groups is 1. The molecule has 0 unspecified atom stereocenters. The van der Waals surface area contributed by atoms with E-state index in [0.29, 0.717) is 5.75 Å². The van der Waals surface area contributed by atoms with Gasteiger partial charge in [-0.2, -0.15) is 0 Å². The third-order valence-corrected chi connectivity index (χ3v) is 5.61. The van der Waals surface area contributed by atoms with E-state index in [9.17, 15) is 5.11 Å². The van der Waals surface area contributed by atoms with Gasteiger partial charge in [0, 0.05) is 48.8 Å². The van der Waals surface area contributed by atoms with E-state index in [1.54, 1.807) is 6.07 Å². The van der Waals surface area contributed by atoms with Gasteiger partial charge in [0.1, 0.15) is 5.75 Å². The summed E-state index contributed by atoms with van der Waals surface area (Å²) in [6, 6.07) is 6.53. The molecule has 1 heterocycles. The van der Waals surface area contributed by atoms with Crippen molar-refractivity contribution in [2.24, 2.45) is 0 Å². The van der Waals surface area contributed by atoms with Crippen LogP contribution in [0.1, 0.15) is 37.7 Å². The van der Waals surface area contributed by atoms with Crippen molar-refractivity contribution in [3.05, 3.63) is 28.2 Å². The summed E-state index contributed by atoms with van der Waals surface area (Å²) < 4.78 is 1.04. The molecule has 7 nitrogen and oxygen atoms in total. The third kappa shape index (κ3) is 7.12. The molecule has 2 aliphatic rings. The number of nitrogens with zero attached hydrogens (tertiary/aromatic N) is 2. The van der Waals surface area contributed by atoms with E-state index >= 15 is 0 Å². The van der Waals surface area contributed by atoms with Crippen molar-refractivity contribution in [1.82, 2.24) is 9.80 Å². The minimum atomic E-state index is -1.82. The lowest BCUT2D eigenvalue weighted by atomic mass is 9.94. The molecule has 8 heteroatoms. The van der Waals surface area contributed by atoms with Gasteiger partial charge < -0.3 is 15.3 Å². The van der Waals surface area contributed by atoms with Crippen LogP contribution in [0.5, 0.6) is 5.75 Å². The van der Waals surface area contributed by atoms with Gasteiger partial charge in [-0.05, 0) is 31.0 Å². The van der Waals surface area contributed by atoms with Crippen molar-refractivity contribution in [2.45, 2.75) is 44.7 Å². The monoisotopic (exact) mass is 442 g/mol. The highest BCUT2D eigenvalue weighted by Gasteiger charge is 2.25. The molecule has 0 atom stereocenters. The van der Waals surface area contributed by atoms with E-state index in [-0.39, 0.29) is 0 Å². The van der Waals surface area contributed by atoms with Gasteiger partial charge in [0.25, 0.3) is 0 Å². The lowest BCUT2D eigenvalue weighted by Gasteiger charge is -2.40. The first-order chi connectivity index (χ1) is 12.9. The minimum Gasteiger partial charge on any atom is -0.508 e. The van der Waals surface area contributed by atoms with E-state index in [0.717, 1.165) is 35.7 Å². The lowest BCUT2D eigenvalue weighted by molar-refractivity contribution is -0.159. The number of carbonyl (C=O) groups is 2. The zero-order valence-electron chi connectivity index (χ0n) is 15.3. The SMILES string of the molecule is O=C(O)C(=O)O.Oc1ccc(Br)cc1CN1CCN(C2CCCCC2)CC1. The maximum absolute atomic E-state index is 9.96. The Morgan fingerprint density at radius 2 is 1.59 bits per heavy atom. The molecule has 1 aliphatic carbocycles. The molecule has 27 heavy (non-hydrogen) atoms. The topological polar surface area (TPSA) is 101 Å². The summed E-state index contributed by atoms with van der Waals surface area (Å²) in [6.07, 6.45) is 7.05. The van der Waals surface area contributed by atoms with Crippen LogP contribution < -0.4 is 0 Å². The number of aliphatic carboxylic acids is 2. The Morgan fingerprint density at radius 1 is 1.00 bits per heavy atom. The van der Waals surface area contributed by atoms with Crippen LogP contribution in [0, 0.1) is 0 Å². The molecule has 1 saturated carbocycles. The first-order valence-electron chi connectivity index (χ1n) is 9.27. The van der Waals surface area contributed by atoms with Crippen LogP contribution in [0.15, 0.2) is 22.7 Å². The Kier molecular flexibility index (Phi) is 8.53. The quantitative estimate of drug-likeness (QED) is 0.618. The van der Waals surface area contributed by atoms with Crippen LogP contribution in [-0.4, -0.2) is 69.3 Å². The number of piperazine rings is 1. The van der Waals surface area contributed by atoms with Crippen molar-refractivity contribution >= 4 is 27.9 Å². The van der Waals surface area contributed by atoms with Crippen LogP contribution in [0.3, 0.4) is 0 Å². The van der Waals surface area contributed by atoms with Crippen LogP contribution in [-0.2, 0) is 16.1 Å². The predicted octanol–water partition coefficient (Wildman–Crippen LogP) is 2.76. The average Bonchev–Trinajstić information content (AvgIpc) is 2.66. The number of phenolic OH excluding ortho intramolecular Hbond substituents is 1. The molecule has 1 aromatic rings. The number of carboxylic acids is 2. The van der Waals surface area contributed by atoms with Gasteiger partial charge in [-0.1, -0.05) is 35.2 Å². The van der Waals surface area contributed by atoms with Gasteiger partial charge in [-0.15, -0.1) is 0 Å². The number of carboxylic acid groups (broad SMARTS) is 2. The summed E-state index contributed by atoms with van der Waals surface area (Å²) >= 11 is 3.48. The van der Waals surface area contributed by atoms with Gasteiger partial charge in [-0.3, -0.25) is 9.80 Å². The van der Waals surface area contributed by atoms with Gasteiger partial charge in [0.05, 0.1) is 0 Å². The zero-order valence-corrected chi connectivity index (χ0v) is 16.9. The Bertz CT molecular complexity index is 629. The number of hydrogen-bond acceptors (Lipinski definition) is 5. The second kappa shape index (κ2) is 10.6. The molecule has 3 N–H and O–H groups in total.